The van der Waals surface area contributed by atoms with E-state index in [0.717, 1.165) is 4.57 Å². The highest BCUT2D eigenvalue weighted by Gasteiger charge is 2.58. The van der Waals surface area contributed by atoms with Gasteiger partial charge < -0.3 is 25.1 Å². The van der Waals surface area contributed by atoms with Gasteiger partial charge in [-0.1, -0.05) is 0 Å². The van der Waals surface area contributed by atoms with Gasteiger partial charge in [-0.2, -0.15) is 0 Å². The van der Waals surface area contributed by atoms with Gasteiger partial charge in [-0.05, 0) is 0 Å². The van der Waals surface area contributed by atoms with E-state index in [2.05, 4.69) is 4.98 Å². The summed E-state index contributed by atoms with van der Waals surface area (Å²) in [5.41, 5.74) is 3.16. The number of H-pyrrole nitrogens is 1. The minimum absolute atomic E-state index is 0.116. The number of nitrogens with zero attached hydrogens (tertiary/aromatic N) is 1. The van der Waals surface area contributed by atoms with Crippen molar-refractivity contribution in [3.05, 3.63) is 27.0 Å². The van der Waals surface area contributed by atoms with Crippen molar-refractivity contribution >= 4 is 5.69 Å². The zero-order valence-electron chi connectivity index (χ0n) is 11.4. The van der Waals surface area contributed by atoms with E-state index >= 15 is 0 Å². The minimum atomic E-state index is -0.934. The van der Waals surface area contributed by atoms with Crippen LogP contribution in [0.2, 0.25) is 0 Å². The number of aromatic nitrogens is 2. The van der Waals surface area contributed by atoms with Crippen molar-refractivity contribution in [1.82, 2.24) is 9.55 Å². The maximum Gasteiger partial charge on any atom is 0.330 e. The fraction of sp³-hybridized carbons (Fsp3) is 0.667. The van der Waals surface area contributed by atoms with E-state index in [1.54, 1.807) is 0 Å². The van der Waals surface area contributed by atoms with Gasteiger partial charge in [-0.15, -0.1) is 0 Å². The number of hydrogen-bond acceptors (Lipinski definition) is 7. The molecule has 1 aromatic heterocycles. The predicted molar refractivity (Wildman–Crippen MR) is 70.8 cm³/mol. The number of anilines is 1. The quantitative estimate of drug-likeness (QED) is 0.599. The maximum absolute atomic E-state index is 11.9. The van der Waals surface area contributed by atoms with Gasteiger partial charge in [0.25, 0.3) is 5.56 Å². The summed E-state index contributed by atoms with van der Waals surface area (Å²) in [6.07, 6.45) is -0.886. The molecule has 3 heterocycles. The number of nitrogens with one attached hydrogen (secondary N) is 1. The van der Waals surface area contributed by atoms with E-state index in [1.165, 1.54) is 13.3 Å². The zero-order chi connectivity index (χ0) is 15.2. The van der Waals surface area contributed by atoms with Gasteiger partial charge in [0.2, 0.25) is 0 Å². The van der Waals surface area contributed by atoms with Crippen LogP contribution in [0, 0.1) is 0 Å². The molecule has 4 atom stereocenters. The average Bonchev–Trinajstić information content (AvgIpc) is 2.60. The van der Waals surface area contributed by atoms with Crippen molar-refractivity contribution in [3.8, 4) is 0 Å². The van der Waals surface area contributed by atoms with Crippen LogP contribution in [-0.2, 0) is 14.2 Å². The summed E-state index contributed by atoms with van der Waals surface area (Å²) >= 11 is 0. The summed E-state index contributed by atoms with van der Waals surface area (Å²) in [5, 5.41) is 10.4. The molecule has 2 saturated heterocycles. The molecule has 21 heavy (non-hydrogen) atoms. The molecule has 3 rings (SSSR count). The highest BCUT2D eigenvalue weighted by Crippen LogP contribution is 2.44. The Labute approximate surface area is 119 Å². The normalized spacial score (nSPS) is 35.0. The van der Waals surface area contributed by atoms with Crippen LogP contribution in [0.25, 0.3) is 0 Å². The van der Waals surface area contributed by atoms with Gasteiger partial charge in [0.1, 0.15) is 23.5 Å². The Kier molecular flexibility index (Phi) is 3.36. The van der Waals surface area contributed by atoms with E-state index in [4.69, 9.17) is 19.9 Å². The first-order valence-corrected chi connectivity index (χ1v) is 6.56. The van der Waals surface area contributed by atoms with E-state index in [0.29, 0.717) is 13.0 Å². The number of nitrogen functional groups attached to an aromatic ring is 1. The number of hydrogen-bond donors (Lipinski definition) is 3. The van der Waals surface area contributed by atoms with Crippen LogP contribution >= 0.6 is 0 Å². The number of ether oxygens (including phenoxy) is 3. The van der Waals surface area contributed by atoms with Gasteiger partial charge in [0, 0.05) is 19.7 Å². The molecule has 2 bridgehead atoms. The Balaban J connectivity index is 2.03. The molecule has 2 fully saturated rings. The lowest BCUT2D eigenvalue weighted by molar-refractivity contribution is -0.149. The maximum atomic E-state index is 11.9. The van der Waals surface area contributed by atoms with E-state index in [1.807, 2.05) is 0 Å². The Bertz CT molecular complexity index is 651. The average molecular weight is 299 g/mol. The van der Waals surface area contributed by atoms with Crippen LogP contribution in [0.15, 0.2) is 15.8 Å². The number of methoxy groups -OCH3 is 1. The molecule has 0 radical (unpaired) electrons. The third-order valence-corrected chi connectivity index (χ3v) is 3.98. The van der Waals surface area contributed by atoms with Gasteiger partial charge in [-0.25, -0.2) is 4.79 Å². The van der Waals surface area contributed by atoms with Crippen LogP contribution in [0.3, 0.4) is 0 Å². The van der Waals surface area contributed by atoms with Crippen molar-refractivity contribution in [3.63, 3.8) is 0 Å². The zero-order valence-corrected chi connectivity index (χ0v) is 11.4. The Hall–Kier alpha value is -1.68. The Morgan fingerprint density at radius 2 is 2.38 bits per heavy atom. The smallest absolute Gasteiger partial charge is 0.330 e. The molecule has 9 heteroatoms. The van der Waals surface area contributed by atoms with Crippen molar-refractivity contribution in [2.24, 2.45) is 0 Å². The molecule has 0 aromatic carbocycles. The molecule has 4 N–H and O–H groups in total. The summed E-state index contributed by atoms with van der Waals surface area (Å²) in [6.45, 7) is 0.563. The number of rotatable bonds is 3. The lowest BCUT2D eigenvalue weighted by Gasteiger charge is -2.34. The first kappa shape index (κ1) is 14.3. The van der Waals surface area contributed by atoms with E-state index in [-0.39, 0.29) is 12.3 Å². The Morgan fingerprint density at radius 3 is 3.10 bits per heavy atom. The summed E-state index contributed by atoms with van der Waals surface area (Å²) in [6, 6.07) is 0. The number of fused-ring (bicyclic) bond motifs is 2. The lowest BCUT2D eigenvalue weighted by Crippen LogP contribution is -2.51. The van der Waals surface area contributed by atoms with Crippen molar-refractivity contribution in [1.29, 1.82) is 0 Å². The van der Waals surface area contributed by atoms with Gasteiger partial charge in [0.15, 0.2) is 6.23 Å². The minimum Gasteiger partial charge on any atom is -0.393 e. The standard InChI is InChI=1S/C12H17N3O6/c1-19-5-12-2-3-20-7(8(12)16)10(21-12)15-4-6(13)9(17)14-11(15)18/h4,7-8,10,16H,2-3,5,13H2,1H3,(H,14,17,18)/t7?,8?,10-,12-/m1/s1. The summed E-state index contributed by atoms with van der Waals surface area (Å²) in [4.78, 5) is 25.4. The molecule has 116 valence electrons. The van der Waals surface area contributed by atoms with Gasteiger partial charge in [-0.3, -0.25) is 14.3 Å². The van der Waals surface area contributed by atoms with Crippen LogP contribution in [-0.4, -0.2) is 52.8 Å². The van der Waals surface area contributed by atoms with Crippen LogP contribution < -0.4 is 17.0 Å². The second-order valence-electron chi connectivity index (χ2n) is 5.29. The summed E-state index contributed by atoms with van der Waals surface area (Å²) in [5.74, 6) is 0. The van der Waals surface area contributed by atoms with Crippen LogP contribution in [0.5, 0.6) is 0 Å². The first-order valence-electron chi connectivity index (χ1n) is 6.56. The molecular formula is C12H17N3O6. The van der Waals surface area contributed by atoms with Crippen molar-refractivity contribution in [2.45, 2.75) is 30.5 Å². The third kappa shape index (κ3) is 2.09. The first-order chi connectivity index (χ1) is 9.98. The van der Waals surface area contributed by atoms with Crippen molar-refractivity contribution < 1.29 is 19.3 Å². The molecular weight excluding hydrogens is 282 g/mol. The third-order valence-electron chi connectivity index (χ3n) is 3.98. The monoisotopic (exact) mass is 299 g/mol. The molecule has 0 saturated carbocycles. The van der Waals surface area contributed by atoms with E-state index in [9.17, 15) is 14.7 Å². The highest BCUT2D eigenvalue weighted by atomic mass is 16.6. The molecule has 0 amide bonds. The Morgan fingerprint density at radius 1 is 1.62 bits per heavy atom. The lowest BCUT2D eigenvalue weighted by atomic mass is 9.90. The largest absolute Gasteiger partial charge is 0.393 e. The molecule has 9 nitrogen and oxygen atoms in total. The molecule has 1 aromatic rings. The number of nitrogens with two attached hydrogens (primary N) is 1. The second kappa shape index (κ2) is 4.95. The number of aliphatic hydroxyl groups is 1. The molecule has 2 aliphatic heterocycles. The SMILES string of the molecule is COC[C@]12CCOC(C1O)[C@H](n1cc(N)c(=O)[nH]c1=O)O2. The van der Waals surface area contributed by atoms with Gasteiger partial charge in [0.05, 0.1) is 13.2 Å². The molecule has 2 aliphatic rings. The number of aromatic amines is 1. The summed E-state index contributed by atoms with van der Waals surface area (Å²) in [7, 11) is 1.51. The molecule has 0 spiro atoms. The summed E-state index contributed by atoms with van der Waals surface area (Å²) < 4.78 is 17.6. The van der Waals surface area contributed by atoms with Gasteiger partial charge >= 0.3 is 5.69 Å². The van der Waals surface area contributed by atoms with Crippen molar-refractivity contribution in [2.75, 3.05) is 26.1 Å². The molecule has 0 aliphatic carbocycles. The molecule has 2 unspecified atom stereocenters. The predicted octanol–water partition coefficient (Wildman–Crippen LogP) is -1.82. The second-order valence-corrected chi connectivity index (χ2v) is 5.29. The fourth-order valence-electron chi connectivity index (χ4n) is 2.92. The van der Waals surface area contributed by atoms with E-state index < -0.39 is 35.3 Å². The van der Waals surface area contributed by atoms with Crippen LogP contribution in [0.4, 0.5) is 5.69 Å². The number of aliphatic hydroxyl groups excluding tert-OH is 1. The highest BCUT2D eigenvalue weighted by molar-refractivity contribution is 5.30. The topological polar surface area (TPSA) is 129 Å². The fourth-order valence-corrected chi connectivity index (χ4v) is 2.92. The van der Waals surface area contributed by atoms with Crippen LogP contribution in [0.1, 0.15) is 12.6 Å².